The van der Waals surface area contributed by atoms with Gasteiger partial charge >= 0.3 is 6.09 Å². The number of hydrogen-bond acceptors (Lipinski definition) is 4. The maximum absolute atomic E-state index is 12.5. The van der Waals surface area contributed by atoms with Gasteiger partial charge in [-0.3, -0.25) is 4.90 Å². The van der Waals surface area contributed by atoms with Crippen LogP contribution in [0.4, 0.5) is 4.79 Å². The molecule has 0 aliphatic carbocycles. The highest BCUT2D eigenvalue weighted by Crippen LogP contribution is 2.30. The summed E-state index contributed by atoms with van der Waals surface area (Å²) in [4.78, 5) is 14.2. The van der Waals surface area contributed by atoms with Gasteiger partial charge in [-0.25, -0.2) is 4.79 Å². The van der Waals surface area contributed by atoms with E-state index in [1.165, 1.54) is 0 Å². The Morgan fingerprint density at radius 2 is 1.91 bits per heavy atom. The maximum atomic E-state index is 12.5. The molecule has 1 unspecified atom stereocenters. The molecule has 0 bridgehead atoms. The molecule has 1 saturated heterocycles. The second-order valence-corrected chi connectivity index (χ2v) is 6.90. The number of phenolic OH excluding ortho intramolecular Hbond substituents is 1. The first-order valence-corrected chi connectivity index (χ1v) is 7.69. The van der Waals surface area contributed by atoms with Crippen LogP contribution in [0.2, 0.25) is 0 Å². The Labute approximate surface area is 132 Å². The number of nitrogens with zero attached hydrogens (tertiary/aromatic N) is 1. The van der Waals surface area contributed by atoms with E-state index in [4.69, 9.17) is 4.74 Å². The van der Waals surface area contributed by atoms with Crippen molar-refractivity contribution in [1.29, 1.82) is 0 Å². The fraction of sp³-hybridized carbons (Fsp3) is 0.588. The smallest absolute Gasteiger partial charge is 0.410 e. The molecule has 1 amide bonds. The highest BCUT2D eigenvalue weighted by molar-refractivity contribution is 5.69. The Morgan fingerprint density at radius 3 is 2.45 bits per heavy atom. The normalized spacial score (nSPS) is 19.1. The SMILES string of the molecule is Cc1cc(C2CNCCN2C(=O)OC(C)(C)C)cc(C)c1O. The van der Waals surface area contributed by atoms with E-state index < -0.39 is 5.60 Å². The summed E-state index contributed by atoms with van der Waals surface area (Å²) in [6.45, 7) is 11.4. The van der Waals surface area contributed by atoms with Gasteiger partial charge in [0, 0.05) is 19.6 Å². The number of benzene rings is 1. The second kappa shape index (κ2) is 6.16. The van der Waals surface area contributed by atoms with Crippen molar-refractivity contribution in [3.8, 4) is 5.75 Å². The van der Waals surface area contributed by atoms with Gasteiger partial charge in [0.2, 0.25) is 0 Å². The third kappa shape index (κ3) is 3.71. The number of phenols is 1. The maximum Gasteiger partial charge on any atom is 0.410 e. The number of aryl methyl sites for hydroxylation is 2. The zero-order chi connectivity index (χ0) is 16.5. The first kappa shape index (κ1) is 16.6. The third-order valence-corrected chi connectivity index (χ3v) is 3.77. The van der Waals surface area contributed by atoms with E-state index in [1.807, 2.05) is 46.8 Å². The van der Waals surface area contributed by atoms with Crippen molar-refractivity contribution in [2.45, 2.75) is 46.3 Å². The Morgan fingerprint density at radius 1 is 1.32 bits per heavy atom. The average Bonchev–Trinajstić information content (AvgIpc) is 2.42. The summed E-state index contributed by atoms with van der Waals surface area (Å²) in [5.41, 5.74) is 2.16. The van der Waals surface area contributed by atoms with Gasteiger partial charge in [-0.15, -0.1) is 0 Å². The molecule has 122 valence electrons. The summed E-state index contributed by atoms with van der Waals surface area (Å²) in [6.07, 6.45) is -0.289. The van der Waals surface area contributed by atoms with Gasteiger partial charge in [-0.1, -0.05) is 12.1 Å². The van der Waals surface area contributed by atoms with Gasteiger partial charge in [0.25, 0.3) is 0 Å². The van der Waals surface area contributed by atoms with E-state index in [0.29, 0.717) is 18.8 Å². The van der Waals surface area contributed by atoms with Crippen molar-refractivity contribution in [2.75, 3.05) is 19.6 Å². The molecule has 2 rings (SSSR count). The van der Waals surface area contributed by atoms with Crippen LogP contribution in [-0.4, -0.2) is 41.3 Å². The Kier molecular flexibility index (Phi) is 4.66. The number of ether oxygens (including phenoxy) is 1. The molecule has 22 heavy (non-hydrogen) atoms. The van der Waals surface area contributed by atoms with E-state index in [9.17, 15) is 9.90 Å². The van der Waals surface area contributed by atoms with E-state index in [-0.39, 0.29) is 12.1 Å². The molecule has 1 fully saturated rings. The van der Waals surface area contributed by atoms with Crippen molar-refractivity contribution < 1.29 is 14.6 Å². The quantitative estimate of drug-likeness (QED) is 0.837. The number of carbonyl (C=O) groups excluding carboxylic acids is 1. The van der Waals surface area contributed by atoms with Crippen molar-refractivity contribution in [3.05, 3.63) is 28.8 Å². The number of hydrogen-bond donors (Lipinski definition) is 2. The highest BCUT2D eigenvalue weighted by Gasteiger charge is 2.31. The monoisotopic (exact) mass is 306 g/mol. The molecule has 5 nitrogen and oxygen atoms in total. The number of aromatic hydroxyl groups is 1. The van der Waals surface area contributed by atoms with Crippen LogP contribution in [0.15, 0.2) is 12.1 Å². The van der Waals surface area contributed by atoms with E-state index >= 15 is 0 Å². The molecule has 0 saturated carbocycles. The van der Waals surface area contributed by atoms with Crippen LogP contribution in [0.3, 0.4) is 0 Å². The minimum atomic E-state index is -0.507. The number of carbonyl (C=O) groups is 1. The lowest BCUT2D eigenvalue weighted by Crippen LogP contribution is -2.50. The predicted octanol–water partition coefficient (Wildman–Crippen LogP) is 2.89. The first-order chi connectivity index (χ1) is 10.2. The fourth-order valence-corrected chi connectivity index (χ4v) is 2.72. The summed E-state index contributed by atoms with van der Waals surface area (Å²) in [5, 5.41) is 13.3. The van der Waals surface area contributed by atoms with Crippen LogP contribution in [0.5, 0.6) is 5.75 Å². The van der Waals surface area contributed by atoms with Gasteiger partial charge < -0.3 is 15.2 Å². The minimum absolute atomic E-state index is 0.0819. The van der Waals surface area contributed by atoms with Crippen LogP contribution in [0.1, 0.15) is 43.5 Å². The van der Waals surface area contributed by atoms with Crippen molar-refractivity contribution in [3.63, 3.8) is 0 Å². The van der Waals surface area contributed by atoms with Crippen LogP contribution < -0.4 is 5.32 Å². The summed E-state index contributed by atoms with van der Waals surface area (Å²) < 4.78 is 5.52. The van der Waals surface area contributed by atoms with E-state index in [1.54, 1.807) is 4.90 Å². The van der Waals surface area contributed by atoms with E-state index in [0.717, 1.165) is 23.2 Å². The molecular weight excluding hydrogens is 280 g/mol. The lowest BCUT2D eigenvalue weighted by molar-refractivity contribution is 0.0118. The Hall–Kier alpha value is -1.75. The van der Waals surface area contributed by atoms with Crippen LogP contribution >= 0.6 is 0 Å². The minimum Gasteiger partial charge on any atom is -0.507 e. The fourth-order valence-electron chi connectivity index (χ4n) is 2.72. The lowest BCUT2D eigenvalue weighted by Gasteiger charge is -2.37. The number of rotatable bonds is 1. The highest BCUT2D eigenvalue weighted by atomic mass is 16.6. The molecule has 0 spiro atoms. The summed E-state index contributed by atoms with van der Waals surface area (Å²) in [5.74, 6) is 0.316. The zero-order valence-electron chi connectivity index (χ0n) is 14.1. The molecule has 1 aliphatic heterocycles. The molecule has 0 radical (unpaired) electrons. The van der Waals surface area contributed by atoms with Gasteiger partial charge in [0.15, 0.2) is 0 Å². The van der Waals surface area contributed by atoms with Crippen molar-refractivity contribution >= 4 is 6.09 Å². The second-order valence-electron chi connectivity index (χ2n) is 6.90. The van der Waals surface area contributed by atoms with Crippen LogP contribution in [-0.2, 0) is 4.74 Å². The first-order valence-electron chi connectivity index (χ1n) is 7.69. The van der Waals surface area contributed by atoms with Crippen molar-refractivity contribution in [1.82, 2.24) is 10.2 Å². The van der Waals surface area contributed by atoms with Gasteiger partial charge in [0.1, 0.15) is 11.4 Å². The molecule has 5 heteroatoms. The predicted molar refractivity (Wildman–Crippen MR) is 86.1 cm³/mol. The topological polar surface area (TPSA) is 61.8 Å². The molecular formula is C17H26N2O3. The van der Waals surface area contributed by atoms with Crippen LogP contribution in [0.25, 0.3) is 0 Å². The Balaban J connectivity index is 2.28. The summed E-state index contributed by atoms with van der Waals surface area (Å²) in [7, 11) is 0. The number of amides is 1. The molecule has 2 N–H and O–H groups in total. The van der Waals surface area contributed by atoms with Crippen molar-refractivity contribution in [2.24, 2.45) is 0 Å². The van der Waals surface area contributed by atoms with Gasteiger partial charge in [-0.2, -0.15) is 0 Å². The third-order valence-electron chi connectivity index (χ3n) is 3.77. The molecule has 1 atom stereocenters. The van der Waals surface area contributed by atoms with Crippen LogP contribution in [0, 0.1) is 13.8 Å². The standard InChI is InChI=1S/C17H26N2O3/c1-11-8-13(9-12(2)15(11)20)14-10-18-6-7-19(14)16(21)22-17(3,4)5/h8-9,14,18,20H,6-7,10H2,1-5H3. The molecule has 1 aromatic rings. The summed E-state index contributed by atoms with van der Waals surface area (Å²) >= 11 is 0. The molecule has 1 aliphatic rings. The number of nitrogens with one attached hydrogen (secondary N) is 1. The number of piperazine rings is 1. The zero-order valence-corrected chi connectivity index (χ0v) is 14.1. The molecule has 0 aromatic heterocycles. The lowest BCUT2D eigenvalue weighted by atomic mass is 9.98. The molecule has 1 heterocycles. The summed E-state index contributed by atoms with van der Waals surface area (Å²) in [6, 6.07) is 3.80. The largest absolute Gasteiger partial charge is 0.507 e. The Bertz CT molecular complexity index is 541. The van der Waals surface area contributed by atoms with E-state index in [2.05, 4.69) is 5.32 Å². The molecule has 1 aromatic carbocycles. The average molecular weight is 306 g/mol. The van der Waals surface area contributed by atoms with Gasteiger partial charge in [0.05, 0.1) is 6.04 Å². The van der Waals surface area contributed by atoms with Gasteiger partial charge in [-0.05, 0) is 51.3 Å².